The molecule has 2 unspecified atom stereocenters. The smallest absolute Gasteiger partial charge is 0.346 e. The standard InChI is InChI=1S/C46H83NO9P2Si2/c1-21-39(36-23-26-38(27-24-36)55-59(17,18)45(11,12)13)40(22-2)37-25-28-42(56-60(19,20)46(14,15)16)41(31-37)47-43(48)29-30-44(57(49,51-32(3)4)52-33(5)6)58(50,53-34(7)8)54-35(9)10/h23-28,31-35,39-40,44H,21-22,29-30H2,1-20H3,(H,47,48). The Balaban J connectivity index is 2.66. The lowest BCUT2D eigenvalue weighted by Gasteiger charge is -2.37. The first-order valence-corrected chi connectivity index (χ1v) is 31.2. The zero-order valence-electron chi connectivity index (χ0n) is 41.0. The number of amides is 1. The predicted molar refractivity (Wildman–Crippen MR) is 256 cm³/mol. The molecule has 0 radical (unpaired) electrons. The SMILES string of the molecule is CCC(c1ccc(O[Si](C)(C)C(C)(C)C)cc1)C(CC)c1ccc(O[Si](C)(C)C(C)(C)C)c(NC(=O)CCC(P(=O)(OC(C)C)OC(C)C)P(=O)(OC(C)C)OC(C)C)c1. The molecule has 344 valence electrons. The van der Waals surface area contributed by atoms with Crippen LogP contribution in [0.15, 0.2) is 42.5 Å². The van der Waals surface area contributed by atoms with Gasteiger partial charge < -0.3 is 32.3 Å². The molecule has 0 aliphatic rings. The van der Waals surface area contributed by atoms with Crippen LogP contribution in [0.3, 0.4) is 0 Å². The Morgan fingerprint density at radius 1 is 0.617 bits per heavy atom. The van der Waals surface area contributed by atoms with Crippen molar-refractivity contribution in [1.82, 2.24) is 0 Å². The molecular formula is C46H83NO9P2Si2. The minimum absolute atomic E-state index is 0.0954. The number of nitrogens with one attached hydrogen (secondary N) is 1. The zero-order valence-corrected chi connectivity index (χ0v) is 44.8. The Morgan fingerprint density at radius 3 is 1.38 bits per heavy atom. The minimum Gasteiger partial charge on any atom is -0.544 e. The van der Waals surface area contributed by atoms with Gasteiger partial charge in [-0.3, -0.25) is 13.9 Å². The number of carbonyl (C=O) groups excluding carboxylic acids is 1. The van der Waals surface area contributed by atoms with Crippen molar-refractivity contribution in [3.05, 3.63) is 53.6 Å². The lowest BCUT2D eigenvalue weighted by molar-refractivity contribution is -0.116. The molecule has 0 bridgehead atoms. The number of hydrogen-bond acceptors (Lipinski definition) is 9. The van der Waals surface area contributed by atoms with Gasteiger partial charge in [-0.15, -0.1) is 0 Å². The fourth-order valence-corrected chi connectivity index (χ4v) is 14.6. The molecule has 0 spiro atoms. The highest BCUT2D eigenvalue weighted by molar-refractivity contribution is 7.72. The number of anilines is 1. The molecule has 0 aliphatic carbocycles. The molecule has 1 N–H and O–H groups in total. The highest BCUT2D eigenvalue weighted by Gasteiger charge is 2.53. The van der Waals surface area contributed by atoms with Crippen LogP contribution in [-0.2, 0) is 32.0 Å². The Hall–Kier alpha value is -1.76. The Labute approximate surface area is 367 Å². The van der Waals surface area contributed by atoms with Crippen LogP contribution in [-0.4, -0.2) is 52.4 Å². The summed E-state index contributed by atoms with van der Waals surface area (Å²) in [6.07, 6.45) is -0.608. The predicted octanol–water partition coefficient (Wildman–Crippen LogP) is 15.3. The molecule has 0 saturated carbocycles. The fraction of sp³-hybridized carbons (Fsp3) is 0.717. The van der Waals surface area contributed by atoms with Crippen LogP contribution in [0.5, 0.6) is 11.5 Å². The van der Waals surface area contributed by atoms with Gasteiger partial charge in [-0.2, -0.15) is 0 Å². The second-order valence-corrected chi connectivity index (χ2v) is 34.4. The van der Waals surface area contributed by atoms with Crippen LogP contribution < -0.4 is 14.2 Å². The van der Waals surface area contributed by atoms with E-state index in [0.29, 0.717) is 11.4 Å². The van der Waals surface area contributed by atoms with E-state index < -0.39 is 61.6 Å². The van der Waals surface area contributed by atoms with Crippen molar-refractivity contribution in [3.63, 3.8) is 0 Å². The van der Waals surface area contributed by atoms with E-state index in [0.717, 1.165) is 24.2 Å². The summed E-state index contributed by atoms with van der Waals surface area (Å²) in [5.41, 5.74) is 2.88. The maximum atomic E-state index is 14.8. The van der Waals surface area contributed by atoms with E-state index in [1.165, 1.54) is 5.56 Å². The number of benzene rings is 2. The lowest BCUT2D eigenvalue weighted by atomic mass is 9.78. The van der Waals surface area contributed by atoms with Gasteiger partial charge >= 0.3 is 15.2 Å². The normalized spacial score (nSPS) is 14.7. The van der Waals surface area contributed by atoms with Gasteiger partial charge in [-0.1, -0.05) is 73.6 Å². The van der Waals surface area contributed by atoms with Crippen molar-refractivity contribution in [3.8, 4) is 11.5 Å². The summed E-state index contributed by atoms with van der Waals surface area (Å²) in [5.74, 6) is 1.48. The third-order valence-electron chi connectivity index (χ3n) is 11.5. The third kappa shape index (κ3) is 15.2. The Bertz CT molecular complexity index is 1700. The van der Waals surface area contributed by atoms with Crippen molar-refractivity contribution in [1.29, 1.82) is 0 Å². The monoisotopic (exact) mass is 912 g/mol. The third-order valence-corrected chi connectivity index (χ3v) is 26.8. The molecule has 0 heterocycles. The van der Waals surface area contributed by atoms with E-state index in [9.17, 15) is 13.9 Å². The summed E-state index contributed by atoms with van der Waals surface area (Å²) >= 11 is 0. The van der Waals surface area contributed by atoms with Crippen molar-refractivity contribution in [2.24, 2.45) is 0 Å². The maximum absolute atomic E-state index is 14.8. The van der Waals surface area contributed by atoms with Crippen molar-refractivity contribution >= 4 is 43.4 Å². The Morgan fingerprint density at radius 2 is 1.00 bits per heavy atom. The van der Waals surface area contributed by atoms with Crippen LogP contribution in [0.25, 0.3) is 0 Å². The molecule has 14 heteroatoms. The fourth-order valence-electron chi connectivity index (χ4n) is 6.60. The first-order valence-electron chi connectivity index (χ1n) is 22.2. The lowest BCUT2D eigenvalue weighted by Crippen LogP contribution is -2.44. The topological polar surface area (TPSA) is 119 Å². The molecule has 2 aromatic rings. The minimum atomic E-state index is -4.18. The molecule has 1 amide bonds. The van der Waals surface area contributed by atoms with E-state index in [1.54, 1.807) is 55.4 Å². The molecule has 0 saturated heterocycles. The van der Waals surface area contributed by atoms with Gasteiger partial charge in [0.05, 0.1) is 30.1 Å². The summed E-state index contributed by atoms with van der Waals surface area (Å²) in [6.45, 7) is 40.5. The van der Waals surface area contributed by atoms with Crippen LogP contribution in [0.1, 0.15) is 159 Å². The van der Waals surface area contributed by atoms with Crippen molar-refractivity contribution < 1.29 is 40.9 Å². The molecule has 0 aliphatic heterocycles. The van der Waals surface area contributed by atoms with E-state index in [4.69, 9.17) is 26.9 Å². The van der Waals surface area contributed by atoms with Gasteiger partial charge in [0, 0.05) is 6.42 Å². The van der Waals surface area contributed by atoms with Gasteiger partial charge in [-0.25, -0.2) is 0 Å². The summed E-state index contributed by atoms with van der Waals surface area (Å²) in [6, 6.07) is 14.8. The Kier molecular flexibility index (Phi) is 19.7. The number of rotatable bonds is 23. The van der Waals surface area contributed by atoms with Gasteiger partial charge in [0.2, 0.25) is 14.2 Å². The summed E-state index contributed by atoms with van der Waals surface area (Å²) in [7, 11) is -12.7. The van der Waals surface area contributed by atoms with Crippen LogP contribution in [0.2, 0.25) is 36.3 Å². The largest absolute Gasteiger partial charge is 0.544 e. The average molecular weight is 912 g/mol. The van der Waals surface area contributed by atoms with E-state index >= 15 is 0 Å². The zero-order chi connectivity index (χ0) is 46.2. The summed E-state index contributed by atoms with van der Waals surface area (Å²) in [5, 5.41) is 1.81. The quantitative estimate of drug-likeness (QED) is 0.0858. The molecule has 2 atom stereocenters. The molecule has 2 aromatic carbocycles. The van der Waals surface area contributed by atoms with Gasteiger partial charge in [0.1, 0.15) is 11.5 Å². The van der Waals surface area contributed by atoms with Crippen molar-refractivity contribution in [2.45, 2.75) is 214 Å². The van der Waals surface area contributed by atoms with Gasteiger partial charge in [0.15, 0.2) is 5.40 Å². The molecule has 0 fully saturated rings. The van der Waals surface area contributed by atoms with Gasteiger partial charge in [0.25, 0.3) is 8.32 Å². The number of hydrogen-bond donors (Lipinski definition) is 1. The molecule has 10 nitrogen and oxygen atoms in total. The summed E-state index contributed by atoms with van der Waals surface area (Å²) < 4.78 is 67.0. The second-order valence-electron chi connectivity index (χ2n) is 20.3. The van der Waals surface area contributed by atoms with E-state index in [-0.39, 0.29) is 40.7 Å². The molecular weight excluding hydrogens is 829 g/mol. The van der Waals surface area contributed by atoms with Gasteiger partial charge in [-0.05, 0) is 158 Å². The molecule has 0 aromatic heterocycles. The summed E-state index contributed by atoms with van der Waals surface area (Å²) in [4.78, 5) is 14.2. The van der Waals surface area contributed by atoms with Crippen LogP contribution in [0.4, 0.5) is 5.69 Å². The second kappa shape index (κ2) is 21.8. The van der Waals surface area contributed by atoms with E-state index in [2.05, 4.69) is 117 Å². The van der Waals surface area contributed by atoms with Crippen LogP contribution in [0, 0.1) is 0 Å². The first kappa shape index (κ1) is 54.4. The maximum Gasteiger partial charge on any atom is 0.346 e. The highest BCUT2D eigenvalue weighted by Crippen LogP contribution is 2.73. The molecule has 60 heavy (non-hydrogen) atoms. The van der Waals surface area contributed by atoms with Crippen molar-refractivity contribution in [2.75, 3.05) is 5.32 Å². The number of carbonyl (C=O) groups is 1. The highest BCUT2D eigenvalue weighted by atomic mass is 31.2. The first-order chi connectivity index (χ1) is 27.3. The van der Waals surface area contributed by atoms with Crippen LogP contribution >= 0.6 is 15.2 Å². The average Bonchev–Trinajstić information content (AvgIpc) is 3.05. The van der Waals surface area contributed by atoms with E-state index in [1.807, 2.05) is 12.1 Å². The molecule has 2 rings (SSSR count).